The van der Waals surface area contributed by atoms with Crippen molar-refractivity contribution < 1.29 is 4.42 Å². The first kappa shape index (κ1) is 16.7. The Labute approximate surface area is 158 Å². The summed E-state index contributed by atoms with van der Waals surface area (Å²) in [5.41, 5.74) is 2.66. The Hall–Kier alpha value is -2.74. The van der Waals surface area contributed by atoms with Crippen molar-refractivity contribution in [2.75, 3.05) is 11.9 Å². The number of pyridine rings is 1. The number of anilines is 1. The lowest BCUT2D eigenvalue weighted by molar-refractivity contribution is 0.533. The summed E-state index contributed by atoms with van der Waals surface area (Å²) in [5.74, 6) is 0.995. The average molecular weight is 413 g/mol. The van der Waals surface area contributed by atoms with Crippen LogP contribution in [0.25, 0.3) is 22.4 Å². The minimum Gasteiger partial charge on any atom is -0.421 e. The van der Waals surface area contributed by atoms with Crippen molar-refractivity contribution in [1.29, 1.82) is 0 Å². The Bertz CT molecular complexity index is 1030. The second-order valence-electron chi connectivity index (χ2n) is 5.92. The van der Waals surface area contributed by atoms with E-state index in [2.05, 4.69) is 46.0 Å². The molecule has 3 heterocycles. The molecule has 0 fully saturated rings. The molecule has 0 saturated carbocycles. The second kappa shape index (κ2) is 7.25. The van der Waals surface area contributed by atoms with Crippen LogP contribution in [-0.4, -0.2) is 31.3 Å². The first-order chi connectivity index (χ1) is 12.7. The van der Waals surface area contributed by atoms with Gasteiger partial charge in [0.1, 0.15) is 0 Å². The van der Waals surface area contributed by atoms with E-state index < -0.39 is 0 Å². The minimum atomic E-state index is 0.467. The van der Waals surface area contributed by atoms with E-state index in [-0.39, 0.29) is 0 Å². The topological polar surface area (TPSA) is 81.7 Å². The Morgan fingerprint density at radius 2 is 2.19 bits per heavy atom. The third-order valence-corrected chi connectivity index (χ3v) is 4.53. The summed E-state index contributed by atoms with van der Waals surface area (Å²) in [4.78, 5) is 8.60. The minimum absolute atomic E-state index is 0.467. The molecule has 0 saturated heterocycles. The van der Waals surface area contributed by atoms with Gasteiger partial charge in [-0.2, -0.15) is 0 Å². The van der Waals surface area contributed by atoms with Gasteiger partial charge in [-0.3, -0.25) is 4.98 Å². The van der Waals surface area contributed by atoms with Gasteiger partial charge in [-0.1, -0.05) is 15.9 Å². The molecule has 0 unspecified atom stereocenters. The third-order valence-electron chi connectivity index (χ3n) is 4.04. The Balaban J connectivity index is 1.65. The molecule has 4 rings (SSSR count). The number of hydrogen-bond donors (Lipinski definition) is 1. The predicted molar refractivity (Wildman–Crippen MR) is 103 cm³/mol. The molecule has 0 spiro atoms. The van der Waals surface area contributed by atoms with E-state index in [0.717, 1.165) is 46.1 Å². The van der Waals surface area contributed by atoms with Crippen LogP contribution < -0.4 is 5.32 Å². The number of hydrogen-bond acceptors (Lipinski definition) is 6. The van der Waals surface area contributed by atoms with E-state index in [4.69, 9.17) is 4.42 Å². The largest absolute Gasteiger partial charge is 0.421 e. The molecule has 132 valence electrons. The standard InChI is InChI=1S/C18H17BrN6O/c1-12-23-24-18(26-12)15-10-22-16-4-3-13(19)9-14(16)17(15)21-5-2-7-25-8-6-20-11-25/h3-4,6,8-11H,2,5,7H2,1H3,(H,21,22). The van der Waals surface area contributed by atoms with Crippen molar-refractivity contribution in [2.24, 2.45) is 0 Å². The number of aromatic nitrogens is 5. The van der Waals surface area contributed by atoms with Gasteiger partial charge in [0.2, 0.25) is 5.89 Å². The first-order valence-electron chi connectivity index (χ1n) is 8.29. The number of benzene rings is 1. The van der Waals surface area contributed by atoms with Crippen molar-refractivity contribution >= 4 is 32.5 Å². The van der Waals surface area contributed by atoms with E-state index in [0.29, 0.717) is 11.8 Å². The zero-order valence-corrected chi connectivity index (χ0v) is 15.8. The molecule has 0 amide bonds. The molecular weight excluding hydrogens is 396 g/mol. The van der Waals surface area contributed by atoms with E-state index in [9.17, 15) is 0 Å². The van der Waals surface area contributed by atoms with Crippen molar-refractivity contribution in [3.63, 3.8) is 0 Å². The molecule has 8 heteroatoms. The van der Waals surface area contributed by atoms with Gasteiger partial charge in [0.15, 0.2) is 0 Å². The summed E-state index contributed by atoms with van der Waals surface area (Å²) in [7, 11) is 0. The lowest BCUT2D eigenvalue weighted by Crippen LogP contribution is -2.07. The number of halogens is 1. The number of nitrogens with one attached hydrogen (secondary N) is 1. The molecule has 0 aliphatic heterocycles. The quantitative estimate of drug-likeness (QED) is 0.481. The molecular formula is C18H17BrN6O. The molecule has 3 aromatic heterocycles. The molecule has 1 aromatic carbocycles. The van der Waals surface area contributed by atoms with Crippen LogP contribution in [0.2, 0.25) is 0 Å². The highest BCUT2D eigenvalue weighted by atomic mass is 79.9. The summed E-state index contributed by atoms with van der Waals surface area (Å²) in [6, 6.07) is 6.01. The third kappa shape index (κ3) is 3.45. The van der Waals surface area contributed by atoms with Gasteiger partial charge in [-0.15, -0.1) is 10.2 Å². The Morgan fingerprint density at radius 1 is 1.27 bits per heavy atom. The van der Waals surface area contributed by atoms with E-state index in [1.807, 2.05) is 30.7 Å². The van der Waals surface area contributed by atoms with Gasteiger partial charge in [0.25, 0.3) is 5.89 Å². The number of nitrogens with zero attached hydrogens (tertiary/aromatic N) is 5. The van der Waals surface area contributed by atoms with Gasteiger partial charge >= 0.3 is 0 Å². The highest BCUT2D eigenvalue weighted by molar-refractivity contribution is 9.10. The molecule has 26 heavy (non-hydrogen) atoms. The summed E-state index contributed by atoms with van der Waals surface area (Å²) in [5, 5.41) is 12.6. The van der Waals surface area contributed by atoms with Crippen LogP contribution in [0, 0.1) is 6.92 Å². The van der Waals surface area contributed by atoms with Gasteiger partial charge in [-0.05, 0) is 24.6 Å². The van der Waals surface area contributed by atoms with Gasteiger partial charge in [-0.25, -0.2) is 4.98 Å². The monoisotopic (exact) mass is 412 g/mol. The molecule has 0 radical (unpaired) electrons. The van der Waals surface area contributed by atoms with E-state index in [1.165, 1.54) is 0 Å². The Kier molecular flexibility index (Phi) is 4.66. The van der Waals surface area contributed by atoms with Crippen molar-refractivity contribution in [2.45, 2.75) is 19.9 Å². The van der Waals surface area contributed by atoms with Crippen LogP contribution in [0.1, 0.15) is 12.3 Å². The zero-order valence-electron chi connectivity index (χ0n) is 14.2. The maximum absolute atomic E-state index is 5.63. The number of imidazole rings is 1. The van der Waals surface area contributed by atoms with E-state index in [1.54, 1.807) is 19.3 Å². The van der Waals surface area contributed by atoms with Crippen LogP contribution in [0.5, 0.6) is 0 Å². The lowest BCUT2D eigenvalue weighted by Gasteiger charge is -2.13. The predicted octanol–water partition coefficient (Wildman–Crippen LogP) is 4.05. The van der Waals surface area contributed by atoms with Crippen LogP contribution >= 0.6 is 15.9 Å². The molecule has 0 bridgehead atoms. The van der Waals surface area contributed by atoms with Crippen LogP contribution in [0.4, 0.5) is 5.69 Å². The Morgan fingerprint density at radius 3 is 2.96 bits per heavy atom. The lowest BCUT2D eigenvalue weighted by atomic mass is 10.1. The summed E-state index contributed by atoms with van der Waals surface area (Å²) in [6.07, 6.45) is 8.31. The van der Waals surface area contributed by atoms with Gasteiger partial charge in [0, 0.05) is 48.5 Å². The molecule has 7 nitrogen and oxygen atoms in total. The van der Waals surface area contributed by atoms with E-state index >= 15 is 0 Å². The maximum atomic E-state index is 5.63. The maximum Gasteiger partial charge on any atom is 0.251 e. The second-order valence-corrected chi connectivity index (χ2v) is 6.83. The average Bonchev–Trinajstić information content (AvgIpc) is 3.30. The fourth-order valence-electron chi connectivity index (χ4n) is 2.82. The zero-order chi connectivity index (χ0) is 17.9. The molecule has 4 aromatic rings. The van der Waals surface area contributed by atoms with Gasteiger partial charge in [0.05, 0.1) is 23.1 Å². The normalized spacial score (nSPS) is 11.2. The van der Waals surface area contributed by atoms with Crippen molar-refractivity contribution in [3.8, 4) is 11.5 Å². The summed E-state index contributed by atoms with van der Waals surface area (Å²) in [6.45, 7) is 3.47. The summed E-state index contributed by atoms with van der Waals surface area (Å²) < 4.78 is 8.68. The van der Waals surface area contributed by atoms with Gasteiger partial charge < -0.3 is 14.3 Å². The first-order valence-corrected chi connectivity index (χ1v) is 9.08. The van der Waals surface area contributed by atoms with Crippen LogP contribution in [0.15, 0.2) is 52.0 Å². The fourth-order valence-corrected chi connectivity index (χ4v) is 3.18. The fraction of sp³-hybridized carbons (Fsp3) is 0.222. The number of aryl methyl sites for hydroxylation is 2. The highest BCUT2D eigenvalue weighted by Crippen LogP contribution is 2.34. The SMILES string of the molecule is Cc1nnc(-c2cnc3ccc(Br)cc3c2NCCCn2ccnc2)o1. The smallest absolute Gasteiger partial charge is 0.251 e. The number of fused-ring (bicyclic) bond motifs is 1. The molecule has 0 atom stereocenters. The van der Waals surface area contributed by atoms with Crippen LogP contribution in [0.3, 0.4) is 0 Å². The van der Waals surface area contributed by atoms with Crippen molar-refractivity contribution in [1.82, 2.24) is 24.7 Å². The molecule has 0 aliphatic rings. The van der Waals surface area contributed by atoms with Crippen LogP contribution in [-0.2, 0) is 6.54 Å². The molecule has 0 aliphatic carbocycles. The molecule has 1 N–H and O–H groups in total. The van der Waals surface area contributed by atoms with Crippen molar-refractivity contribution in [3.05, 3.63) is 53.5 Å². The highest BCUT2D eigenvalue weighted by Gasteiger charge is 2.15. The summed E-state index contributed by atoms with van der Waals surface area (Å²) >= 11 is 3.54. The number of rotatable bonds is 6.